The summed E-state index contributed by atoms with van der Waals surface area (Å²) in [6, 6.07) is 10.5. The monoisotopic (exact) mass is 317 g/mol. The maximum absolute atomic E-state index is 11.5. The van der Waals surface area contributed by atoms with Crippen molar-refractivity contribution in [2.24, 2.45) is 5.92 Å². The number of carbonyl (C=O) groups is 1. The first-order valence-electron chi connectivity index (χ1n) is 7.45. The normalized spacial score (nSPS) is 20.8. The zero-order chi connectivity index (χ0) is 15.4. The number of aromatic nitrogens is 2. The summed E-state index contributed by atoms with van der Waals surface area (Å²) in [5.41, 5.74) is 1.23. The summed E-state index contributed by atoms with van der Waals surface area (Å²) < 4.78 is 4.81. The number of nitrogens with one attached hydrogen (secondary N) is 1. The number of benzene rings is 1. The molecule has 0 aliphatic heterocycles. The fourth-order valence-electron chi connectivity index (χ4n) is 2.82. The highest BCUT2D eigenvalue weighted by molar-refractivity contribution is 7.15. The third-order valence-electron chi connectivity index (χ3n) is 3.96. The Morgan fingerprint density at radius 1 is 1.32 bits per heavy atom. The van der Waals surface area contributed by atoms with E-state index >= 15 is 0 Å². The third kappa shape index (κ3) is 3.62. The van der Waals surface area contributed by atoms with Gasteiger partial charge in [-0.1, -0.05) is 41.7 Å². The van der Waals surface area contributed by atoms with E-state index in [2.05, 4.69) is 27.6 Å². The number of hydrogen-bond donors (Lipinski definition) is 1. The van der Waals surface area contributed by atoms with E-state index in [1.54, 1.807) is 11.3 Å². The molecule has 0 saturated heterocycles. The lowest BCUT2D eigenvalue weighted by Gasteiger charge is -2.10. The second kappa shape index (κ2) is 6.87. The molecule has 6 heteroatoms. The molecule has 2 aromatic rings. The van der Waals surface area contributed by atoms with E-state index in [1.165, 1.54) is 12.7 Å². The number of rotatable bonds is 5. The lowest BCUT2D eigenvalue weighted by Crippen LogP contribution is -2.18. The molecule has 0 unspecified atom stereocenters. The molecule has 1 heterocycles. The summed E-state index contributed by atoms with van der Waals surface area (Å²) in [5.74, 6) is -0.0921. The molecule has 5 nitrogen and oxygen atoms in total. The first-order chi connectivity index (χ1) is 10.7. The minimum Gasteiger partial charge on any atom is -0.469 e. The Kier molecular flexibility index (Phi) is 4.68. The molecule has 0 amide bonds. The molecule has 1 N–H and O–H groups in total. The number of ether oxygens (including phenoxy) is 1. The fraction of sp³-hybridized carbons (Fsp3) is 0.438. The van der Waals surface area contributed by atoms with E-state index in [0.29, 0.717) is 0 Å². The van der Waals surface area contributed by atoms with Crippen LogP contribution in [0.1, 0.15) is 29.8 Å². The topological polar surface area (TPSA) is 64.1 Å². The summed E-state index contributed by atoms with van der Waals surface area (Å²) in [6.07, 6.45) is 3.45. The van der Waals surface area contributed by atoms with Crippen LogP contribution in [0.25, 0.3) is 0 Å². The maximum Gasteiger partial charge on any atom is 0.308 e. The average Bonchev–Trinajstić information content (AvgIpc) is 3.18. The largest absolute Gasteiger partial charge is 0.469 e. The van der Waals surface area contributed by atoms with Gasteiger partial charge in [-0.2, -0.15) is 0 Å². The quantitative estimate of drug-likeness (QED) is 0.859. The molecule has 1 aliphatic carbocycles. The highest BCUT2D eigenvalue weighted by atomic mass is 32.1. The molecule has 1 fully saturated rings. The standard InChI is InChI=1S/C16H19N3O2S/c1-21-15(20)12-7-8-13(10-12)17-16-19-18-14(22-16)9-11-5-3-2-4-6-11/h2-6,12-13H,7-10H2,1H3,(H,17,19)/t12-,13+/m0/s1. The lowest BCUT2D eigenvalue weighted by atomic mass is 10.1. The van der Waals surface area contributed by atoms with Crippen LogP contribution >= 0.6 is 11.3 Å². The summed E-state index contributed by atoms with van der Waals surface area (Å²) in [5, 5.41) is 13.7. The van der Waals surface area contributed by atoms with Gasteiger partial charge in [0.25, 0.3) is 0 Å². The van der Waals surface area contributed by atoms with Crippen LogP contribution in [0.15, 0.2) is 30.3 Å². The third-order valence-corrected chi connectivity index (χ3v) is 4.81. The lowest BCUT2D eigenvalue weighted by molar-refractivity contribution is -0.145. The number of carbonyl (C=O) groups excluding carboxylic acids is 1. The predicted molar refractivity (Wildman–Crippen MR) is 85.9 cm³/mol. The summed E-state index contributed by atoms with van der Waals surface area (Å²) >= 11 is 1.58. The minimum atomic E-state index is -0.105. The van der Waals surface area contributed by atoms with Gasteiger partial charge < -0.3 is 10.1 Å². The van der Waals surface area contributed by atoms with E-state index in [0.717, 1.165) is 35.8 Å². The maximum atomic E-state index is 11.5. The van der Waals surface area contributed by atoms with Crippen molar-refractivity contribution < 1.29 is 9.53 Å². The van der Waals surface area contributed by atoms with Crippen molar-refractivity contribution in [2.45, 2.75) is 31.7 Å². The Morgan fingerprint density at radius 2 is 2.14 bits per heavy atom. The first-order valence-corrected chi connectivity index (χ1v) is 8.27. The Bertz CT molecular complexity index is 629. The molecule has 116 valence electrons. The molecule has 0 bridgehead atoms. The number of methoxy groups -OCH3 is 1. The molecule has 22 heavy (non-hydrogen) atoms. The average molecular weight is 317 g/mol. The van der Waals surface area contributed by atoms with Crippen LogP contribution in [0.2, 0.25) is 0 Å². The fourth-order valence-corrected chi connectivity index (χ4v) is 3.67. The van der Waals surface area contributed by atoms with Crippen LogP contribution < -0.4 is 5.32 Å². The number of nitrogens with zero attached hydrogens (tertiary/aromatic N) is 2. The van der Waals surface area contributed by atoms with Crippen molar-refractivity contribution >= 4 is 22.4 Å². The van der Waals surface area contributed by atoms with Crippen molar-refractivity contribution in [2.75, 3.05) is 12.4 Å². The van der Waals surface area contributed by atoms with E-state index < -0.39 is 0 Å². The van der Waals surface area contributed by atoms with Crippen LogP contribution in [-0.4, -0.2) is 29.3 Å². The van der Waals surface area contributed by atoms with E-state index in [-0.39, 0.29) is 17.9 Å². The summed E-state index contributed by atoms with van der Waals surface area (Å²) in [4.78, 5) is 11.5. The number of esters is 1. The van der Waals surface area contributed by atoms with Gasteiger partial charge in [-0.05, 0) is 24.8 Å². The number of hydrogen-bond acceptors (Lipinski definition) is 6. The van der Waals surface area contributed by atoms with Gasteiger partial charge in [0, 0.05) is 12.5 Å². The summed E-state index contributed by atoms with van der Waals surface area (Å²) in [6.45, 7) is 0. The minimum absolute atomic E-state index is 0.0132. The number of anilines is 1. The van der Waals surface area contributed by atoms with Crippen molar-refractivity contribution in [3.63, 3.8) is 0 Å². The van der Waals surface area contributed by atoms with Crippen LogP contribution in [0.4, 0.5) is 5.13 Å². The Morgan fingerprint density at radius 3 is 2.91 bits per heavy atom. The molecular weight excluding hydrogens is 298 g/mol. The van der Waals surface area contributed by atoms with Gasteiger partial charge in [0.15, 0.2) is 0 Å². The van der Waals surface area contributed by atoms with E-state index in [4.69, 9.17) is 4.74 Å². The van der Waals surface area contributed by atoms with E-state index in [9.17, 15) is 4.79 Å². The Labute approximate surface area is 133 Å². The van der Waals surface area contributed by atoms with Crippen molar-refractivity contribution in [3.05, 3.63) is 40.9 Å². The predicted octanol–water partition coefficient (Wildman–Crippen LogP) is 2.88. The zero-order valence-corrected chi connectivity index (χ0v) is 13.3. The van der Waals surface area contributed by atoms with Crippen molar-refractivity contribution in [1.82, 2.24) is 10.2 Å². The Hall–Kier alpha value is -1.95. The molecule has 0 radical (unpaired) electrons. The smallest absolute Gasteiger partial charge is 0.308 e. The van der Waals surface area contributed by atoms with Gasteiger partial charge in [0.05, 0.1) is 13.0 Å². The molecule has 0 spiro atoms. The molecule has 1 saturated carbocycles. The van der Waals surface area contributed by atoms with Crippen LogP contribution in [0.5, 0.6) is 0 Å². The van der Waals surface area contributed by atoms with Gasteiger partial charge in [-0.15, -0.1) is 10.2 Å². The van der Waals surface area contributed by atoms with Crippen LogP contribution in [0, 0.1) is 5.92 Å². The zero-order valence-electron chi connectivity index (χ0n) is 12.5. The van der Waals surface area contributed by atoms with E-state index in [1.807, 2.05) is 18.2 Å². The van der Waals surface area contributed by atoms with Crippen LogP contribution in [0.3, 0.4) is 0 Å². The highest BCUT2D eigenvalue weighted by Gasteiger charge is 2.31. The Balaban J connectivity index is 1.55. The second-order valence-electron chi connectivity index (χ2n) is 5.54. The molecule has 1 aliphatic rings. The highest BCUT2D eigenvalue weighted by Crippen LogP contribution is 2.30. The summed E-state index contributed by atoms with van der Waals surface area (Å²) in [7, 11) is 1.45. The van der Waals surface area contributed by atoms with Gasteiger partial charge in [-0.3, -0.25) is 4.79 Å². The molecule has 1 aromatic heterocycles. The van der Waals surface area contributed by atoms with Crippen LogP contribution in [-0.2, 0) is 16.0 Å². The molecular formula is C16H19N3O2S. The second-order valence-corrected chi connectivity index (χ2v) is 6.60. The van der Waals surface area contributed by atoms with Crippen molar-refractivity contribution in [3.8, 4) is 0 Å². The first kappa shape index (κ1) is 15.0. The van der Waals surface area contributed by atoms with Gasteiger partial charge in [0.2, 0.25) is 5.13 Å². The van der Waals surface area contributed by atoms with Crippen molar-refractivity contribution in [1.29, 1.82) is 0 Å². The molecule has 1 aromatic carbocycles. The van der Waals surface area contributed by atoms with Gasteiger partial charge in [0.1, 0.15) is 5.01 Å². The van der Waals surface area contributed by atoms with Gasteiger partial charge in [-0.25, -0.2) is 0 Å². The molecule has 2 atom stereocenters. The SMILES string of the molecule is COC(=O)[C@H]1CC[C@@H](Nc2nnc(Cc3ccccc3)s2)C1. The molecule has 3 rings (SSSR count). The van der Waals surface area contributed by atoms with Gasteiger partial charge >= 0.3 is 5.97 Å².